The average Bonchev–Trinajstić information content (AvgIpc) is 2.96. The van der Waals surface area contributed by atoms with Gasteiger partial charge < -0.3 is 10.1 Å². The van der Waals surface area contributed by atoms with Crippen LogP contribution in [0.3, 0.4) is 0 Å². The Kier molecular flexibility index (Phi) is 1.92. The lowest BCUT2D eigenvalue weighted by atomic mass is 9.91. The second-order valence-electron chi connectivity index (χ2n) is 6.16. The third-order valence-electron chi connectivity index (χ3n) is 5.27. The fraction of sp³-hybridized carbons (Fsp3) is 1.00. The molecule has 2 heterocycles. The zero-order valence-electron chi connectivity index (χ0n) is 9.32. The molecule has 0 aromatic rings. The lowest BCUT2D eigenvalue weighted by Gasteiger charge is -2.29. The van der Waals surface area contributed by atoms with Crippen molar-refractivity contribution in [1.82, 2.24) is 5.32 Å². The van der Waals surface area contributed by atoms with Crippen LogP contribution in [0.25, 0.3) is 0 Å². The Labute approximate surface area is 91.8 Å². The number of fused-ring (bicyclic) bond motifs is 4. The van der Waals surface area contributed by atoms with Gasteiger partial charge in [-0.15, -0.1) is 0 Å². The third-order valence-corrected chi connectivity index (χ3v) is 5.27. The summed E-state index contributed by atoms with van der Waals surface area (Å²) in [6, 6.07) is 1.55. The van der Waals surface area contributed by atoms with Crippen LogP contribution in [0.4, 0.5) is 0 Å². The maximum absolute atomic E-state index is 5.91. The molecule has 4 fully saturated rings. The second kappa shape index (κ2) is 3.21. The van der Waals surface area contributed by atoms with Crippen LogP contribution in [0.2, 0.25) is 0 Å². The van der Waals surface area contributed by atoms with E-state index in [2.05, 4.69) is 5.32 Å². The van der Waals surface area contributed by atoms with Gasteiger partial charge >= 0.3 is 0 Å². The van der Waals surface area contributed by atoms with Crippen LogP contribution < -0.4 is 5.32 Å². The van der Waals surface area contributed by atoms with E-state index in [0.717, 1.165) is 17.9 Å². The van der Waals surface area contributed by atoms with Crippen LogP contribution in [0.5, 0.6) is 0 Å². The molecule has 0 aromatic heterocycles. The molecule has 2 heteroatoms. The summed E-state index contributed by atoms with van der Waals surface area (Å²) in [4.78, 5) is 0. The van der Waals surface area contributed by atoms with Crippen molar-refractivity contribution in [2.24, 2.45) is 11.8 Å². The van der Waals surface area contributed by atoms with Gasteiger partial charge in [-0.05, 0) is 50.4 Å². The van der Waals surface area contributed by atoms with E-state index in [1.807, 2.05) is 0 Å². The van der Waals surface area contributed by atoms with E-state index in [4.69, 9.17) is 4.74 Å². The van der Waals surface area contributed by atoms with E-state index < -0.39 is 0 Å². The predicted molar refractivity (Wildman–Crippen MR) is 58.7 cm³/mol. The molecule has 0 amide bonds. The number of rotatable bonds is 2. The van der Waals surface area contributed by atoms with Crippen LogP contribution in [0.1, 0.15) is 44.9 Å². The first-order valence-electron chi connectivity index (χ1n) is 6.80. The van der Waals surface area contributed by atoms with Gasteiger partial charge in [-0.2, -0.15) is 0 Å². The molecule has 2 aliphatic carbocycles. The molecule has 0 spiro atoms. The molecule has 2 aliphatic heterocycles. The zero-order valence-corrected chi connectivity index (χ0v) is 9.32. The number of ether oxygens (including phenoxy) is 1. The van der Waals surface area contributed by atoms with Crippen molar-refractivity contribution in [3.05, 3.63) is 0 Å². The maximum Gasteiger partial charge on any atom is 0.0733 e. The number of hydrogen-bond acceptors (Lipinski definition) is 2. The molecule has 4 aliphatic rings. The van der Waals surface area contributed by atoms with Gasteiger partial charge in [0.05, 0.1) is 12.2 Å². The van der Waals surface area contributed by atoms with Gasteiger partial charge in [0.25, 0.3) is 0 Å². The highest BCUT2D eigenvalue weighted by atomic mass is 16.5. The molecular weight excluding hydrogens is 186 g/mol. The smallest absolute Gasteiger partial charge is 0.0733 e. The molecule has 4 bridgehead atoms. The summed E-state index contributed by atoms with van der Waals surface area (Å²) in [5.74, 6) is 2.07. The first-order valence-corrected chi connectivity index (χ1v) is 6.80. The normalized spacial score (nSPS) is 56.8. The summed E-state index contributed by atoms with van der Waals surface area (Å²) >= 11 is 0. The van der Waals surface area contributed by atoms with Crippen molar-refractivity contribution in [3.8, 4) is 0 Å². The van der Waals surface area contributed by atoms with Crippen LogP contribution >= 0.6 is 0 Å². The molecular formula is C13H21NO. The Hall–Kier alpha value is -0.0800. The fourth-order valence-electron chi connectivity index (χ4n) is 4.54. The standard InChI is InChI=1S/C13H21NO/c1-2-9-5-8(1)6-11(9)14-12-7-10-3-4-13(12)15-10/h8-14H,1-7H2. The van der Waals surface area contributed by atoms with Crippen molar-refractivity contribution in [1.29, 1.82) is 0 Å². The van der Waals surface area contributed by atoms with Gasteiger partial charge in [0.1, 0.15) is 0 Å². The highest BCUT2D eigenvalue weighted by Crippen LogP contribution is 2.45. The maximum atomic E-state index is 5.91. The van der Waals surface area contributed by atoms with E-state index in [9.17, 15) is 0 Å². The van der Waals surface area contributed by atoms with Gasteiger partial charge in [0, 0.05) is 12.1 Å². The van der Waals surface area contributed by atoms with Gasteiger partial charge in [-0.3, -0.25) is 0 Å². The second-order valence-corrected chi connectivity index (χ2v) is 6.16. The first kappa shape index (κ1) is 9.00. The highest BCUT2D eigenvalue weighted by Gasteiger charge is 2.45. The van der Waals surface area contributed by atoms with Crippen molar-refractivity contribution < 1.29 is 4.74 Å². The third kappa shape index (κ3) is 1.38. The first-order chi connectivity index (χ1) is 7.38. The topological polar surface area (TPSA) is 21.3 Å². The Bertz CT molecular complexity index is 241. The monoisotopic (exact) mass is 207 g/mol. The number of hydrogen-bond donors (Lipinski definition) is 1. The van der Waals surface area contributed by atoms with Gasteiger partial charge in [0.15, 0.2) is 0 Å². The Morgan fingerprint density at radius 2 is 1.87 bits per heavy atom. The minimum atomic E-state index is 0.564. The molecule has 2 nitrogen and oxygen atoms in total. The quantitative estimate of drug-likeness (QED) is 0.748. The minimum Gasteiger partial charge on any atom is -0.373 e. The lowest BCUT2D eigenvalue weighted by Crippen LogP contribution is -2.46. The molecule has 0 radical (unpaired) electrons. The van der Waals surface area contributed by atoms with Crippen molar-refractivity contribution in [2.45, 2.75) is 69.2 Å². The van der Waals surface area contributed by atoms with Gasteiger partial charge in [0.2, 0.25) is 0 Å². The SMILES string of the molecule is C1CC2CC1CC2NC1CC2CCC1O2. The molecule has 4 rings (SSSR count). The van der Waals surface area contributed by atoms with Crippen LogP contribution in [0.15, 0.2) is 0 Å². The molecule has 15 heavy (non-hydrogen) atoms. The summed E-state index contributed by atoms with van der Waals surface area (Å²) < 4.78 is 5.91. The molecule has 6 atom stereocenters. The van der Waals surface area contributed by atoms with Crippen LogP contribution in [0, 0.1) is 11.8 Å². The van der Waals surface area contributed by atoms with E-state index in [-0.39, 0.29) is 0 Å². The molecule has 6 unspecified atom stereocenters. The Morgan fingerprint density at radius 3 is 2.47 bits per heavy atom. The average molecular weight is 207 g/mol. The van der Waals surface area contributed by atoms with Gasteiger partial charge in [-0.1, -0.05) is 6.42 Å². The van der Waals surface area contributed by atoms with E-state index in [1.54, 1.807) is 0 Å². The predicted octanol–water partition coefficient (Wildman–Crippen LogP) is 2.08. The van der Waals surface area contributed by atoms with E-state index in [0.29, 0.717) is 18.2 Å². The minimum absolute atomic E-state index is 0.564. The van der Waals surface area contributed by atoms with Crippen molar-refractivity contribution in [2.75, 3.05) is 0 Å². The molecule has 2 saturated carbocycles. The molecule has 2 saturated heterocycles. The van der Waals surface area contributed by atoms with E-state index >= 15 is 0 Å². The van der Waals surface area contributed by atoms with Crippen molar-refractivity contribution >= 4 is 0 Å². The van der Waals surface area contributed by atoms with Gasteiger partial charge in [-0.25, -0.2) is 0 Å². The largest absolute Gasteiger partial charge is 0.373 e. The molecule has 84 valence electrons. The Balaban J connectivity index is 1.40. The zero-order chi connectivity index (χ0) is 9.83. The summed E-state index contributed by atoms with van der Waals surface area (Å²) in [6.07, 6.45) is 11.1. The van der Waals surface area contributed by atoms with E-state index in [1.165, 1.54) is 44.9 Å². The summed E-state index contributed by atoms with van der Waals surface area (Å²) in [6.45, 7) is 0. The summed E-state index contributed by atoms with van der Waals surface area (Å²) in [5, 5.41) is 3.92. The molecule has 0 aromatic carbocycles. The lowest BCUT2D eigenvalue weighted by molar-refractivity contribution is 0.0946. The summed E-state index contributed by atoms with van der Waals surface area (Å²) in [5.41, 5.74) is 0. The van der Waals surface area contributed by atoms with Crippen LogP contribution in [-0.2, 0) is 4.74 Å². The number of nitrogens with one attached hydrogen (secondary N) is 1. The van der Waals surface area contributed by atoms with Crippen molar-refractivity contribution in [3.63, 3.8) is 0 Å². The Morgan fingerprint density at radius 1 is 0.867 bits per heavy atom. The fourth-order valence-corrected chi connectivity index (χ4v) is 4.54. The summed E-state index contributed by atoms with van der Waals surface area (Å²) in [7, 11) is 0. The highest BCUT2D eigenvalue weighted by molar-refractivity contribution is 5.00. The van der Waals surface area contributed by atoms with Crippen LogP contribution in [-0.4, -0.2) is 24.3 Å². The molecule has 1 N–H and O–H groups in total.